The van der Waals surface area contributed by atoms with Crippen LogP contribution in [0.3, 0.4) is 0 Å². The van der Waals surface area contributed by atoms with Crippen molar-refractivity contribution in [3.63, 3.8) is 0 Å². The van der Waals surface area contributed by atoms with Crippen LogP contribution in [0.2, 0.25) is 0 Å². The van der Waals surface area contributed by atoms with Crippen molar-refractivity contribution < 1.29 is 9.59 Å². The minimum absolute atomic E-state index is 0.0468. The number of hydrogen-bond acceptors (Lipinski definition) is 3. The van der Waals surface area contributed by atoms with Crippen molar-refractivity contribution in [1.82, 2.24) is 5.32 Å². The Labute approximate surface area is 101 Å². The van der Waals surface area contributed by atoms with Gasteiger partial charge in [-0.25, -0.2) is 0 Å². The van der Waals surface area contributed by atoms with Gasteiger partial charge in [0.05, 0.1) is 0 Å². The SMILES string of the molecule is CC(=O)c1cccc(C2CC(=O)CC(C)N2)c1. The Morgan fingerprint density at radius 2 is 2.12 bits per heavy atom. The van der Waals surface area contributed by atoms with E-state index in [4.69, 9.17) is 0 Å². The van der Waals surface area contributed by atoms with Gasteiger partial charge < -0.3 is 5.32 Å². The molecular formula is C14H17NO2. The summed E-state index contributed by atoms with van der Waals surface area (Å²) >= 11 is 0. The normalized spacial score (nSPS) is 24.7. The van der Waals surface area contributed by atoms with E-state index in [0.29, 0.717) is 18.4 Å². The smallest absolute Gasteiger partial charge is 0.159 e. The number of hydrogen-bond donors (Lipinski definition) is 1. The van der Waals surface area contributed by atoms with Crippen LogP contribution in [-0.4, -0.2) is 17.6 Å². The minimum Gasteiger partial charge on any atom is -0.307 e. The molecule has 1 N–H and O–H groups in total. The maximum Gasteiger partial charge on any atom is 0.159 e. The molecule has 0 bridgehead atoms. The first-order valence-corrected chi connectivity index (χ1v) is 5.95. The molecule has 90 valence electrons. The van der Waals surface area contributed by atoms with Gasteiger partial charge in [-0.15, -0.1) is 0 Å². The number of nitrogens with one attached hydrogen (secondary N) is 1. The van der Waals surface area contributed by atoms with Gasteiger partial charge in [-0.2, -0.15) is 0 Å². The van der Waals surface area contributed by atoms with Crippen LogP contribution in [0.5, 0.6) is 0 Å². The summed E-state index contributed by atoms with van der Waals surface area (Å²) in [4.78, 5) is 22.9. The van der Waals surface area contributed by atoms with E-state index in [0.717, 1.165) is 5.56 Å². The molecule has 1 aromatic rings. The third-order valence-electron chi connectivity index (χ3n) is 3.15. The molecule has 0 amide bonds. The highest BCUT2D eigenvalue weighted by Gasteiger charge is 2.25. The summed E-state index contributed by atoms with van der Waals surface area (Å²) in [5.74, 6) is 0.344. The first kappa shape index (κ1) is 12.0. The van der Waals surface area contributed by atoms with Crippen molar-refractivity contribution in [2.45, 2.75) is 38.8 Å². The molecule has 2 rings (SSSR count). The Bertz CT molecular complexity index is 453. The van der Waals surface area contributed by atoms with E-state index in [-0.39, 0.29) is 23.7 Å². The van der Waals surface area contributed by atoms with Gasteiger partial charge in [0.25, 0.3) is 0 Å². The molecule has 0 spiro atoms. The van der Waals surface area contributed by atoms with Crippen LogP contribution in [-0.2, 0) is 4.79 Å². The van der Waals surface area contributed by atoms with Crippen LogP contribution in [0.25, 0.3) is 0 Å². The predicted octanol–water partition coefficient (Wildman–Crippen LogP) is 2.27. The van der Waals surface area contributed by atoms with E-state index in [2.05, 4.69) is 5.32 Å². The van der Waals surface area contributed by atoms with Crippen LogP contribution in [0.1, 0.15) is 48.7 Å². The van der Waals surface area contributed by atoms with Gasteiger partial charge in [-0.1, -0.05) is 18.2 Å². The Balaban J connectivity index is 2.24. The van der Waals surface area contributed by atoms with Crippen molar-refractivity contribution in [2.24, 2.45) is 0 Å². The third-order valence-corrected chi connectivity index (χ3v) is 3.15. The highest BCUT2D eigenvalue weighted by Crippen LogP contribution is 2.24. The van der Waals surface area contributed by atoms with E-state index in [1.54, 1.807) is 13.0 Å². The molecule has 2 unspecified atom stereocenters. The Morgan fingerprint density at radius 1 is 1.35 bits per heavy atom. The molecule has 0 aromatic heterocycles. The summed E-state index contributed by atoms with van der Waals surface area (Å²) in [7, 11) is 0. The fraction of sp³-hybridized carbons (Fsp3) is 0.429. The lowest BCUT2D eigenvalue weighted by molar-refractivity contribution is -0.121. The van der Waals surface area contributed by atoms with Gasteiger partial charge in [0.1, 0.15) is 5.78 Å². The second-order valence-electron chi connectivity index (χ2n) is 4.75. The quantitative estimate of drug-likeness (QED) is 0.794. The molecule has 1 aliphatic heterocycles. The highest BCUT2D eigenvalue weighted by molar-refractivity contribution is 5.94. The molecule has 1 saturated heterocycles. The number of Topliss-reactive ketones (excluding diaryl/α,β-unsaturated/α-hetero) is 2. The molecule has 1 fully saturated rings. The molecule has 17 heavy (non-hydrogen) atoms. The average Bonchev–Trinajstić information content (AvgIpc) is 2.28. The van der Waals surface area contributed by atoms with Gasteiger partial charge in [0.2, 0.25) is 0 Å². The maximum absolute atomic E-state index is 11.6. The summed E-state index contributed by atoms with van der Waals surface area (Å²) in [6.45, 7) is 3.57. The van der Waals surface area contributed by atoms with Crippen LogP contribution in [0.15, 0.2) is 24.3 Å². The summed E-state index contributed by atoms with van der Waals surface area (Å²) in [5, 5.41) is 3.40. The first-order chi connectivity index (χ1) is 8.06. The van der Waals surface area contributed by atoms with Gasteiger partial charge >= 0.3 is 0 Å². The molecule has 0 radical (unpaired) electrons. The predicted molar refractivity (Wildman–Crippen MR) is 66.0 cm³/mol. The molecular weight excluding hydrogens is 214 g/mol. The third kappa shape index (κ3) is 2.80. The lowest BCUT2D eigenvalue weighted by atomic mass is 9.92. The maximum atomic E-state index is 11.6. The van der Waals surface area contributed by atoms with E-state index < -0.39 is 0 Å². The number of benzene rings is 1. The van der Waals surface area contributed by atoms with Crippen molar-refractivity contribution in [1.29, 1.82) is 0 Å². The number of rotatable bonds is 2. The molecule has 1 heterocycles. The van der Waals surface area contributed by atoms with Crippen LogP contribution >= 0.6 is 0 Å². The summed E-state index contributed by atoms with van der Waals surface area (Å²) in [6.07, 6.45) is 1.12. The standard InChI is InChI=1S/C14H17NO2/c1-9-6-13(17)8-14(15-9)12-5-3-4-11(7-12)10(2)16/h3-5,7,9,14-15H,6,8H2,1-2H3. The summed E-state index contributed by atoms with van der Waals surface area (Å²) < 4.78 is 0. The topological polar surface area (TPSA) is 46.2 Å². The highest BCUT2D eigenvalue weighted by atomic mass is 16.1. The first-order valence-electron chi connectivity index (χ1n) is 5.95. The van der Waals surface area contributed by atoms with Crippen LogP contribution in [0, 0.1) is 0 Å². The Morgan fingerprint density at radius 3 is 2.76 bits per heavy atom. The second-order valence-corrected chi connectivity index (χ2v) is 4.75. The fourth-order valence-electron chi connectivity index (χ4n) is 2.30. The fourth-order valence-corrected chi connectivity index (χ4v) is 2.30. The molecule has 1 aliphatic rings. The number of ketones is 2. The average molecular weight is 231 g/mol. The van der Waals surface area contributed by atoms with Crippen molar-refractivity contribution in [3.8, 4) is 0 Å². The molecule has 3 heteroatoms. The lowest BCUT2D eigenvalue weighted by Gasteiger charge is -2.28. The molecule has 0 aliphatic carbocycles. The zero-order valence-corrected chi connectivity index (χ0v) is 10.2. The van der Waals surface area contributed by atoms with E-state index >= 15 is 0 Å². The molecule has 1 aromatic carbocycles. The number of piperidine rings is 1. The van der Waals surface area contributed by atoms with Crippen molar-refractivity contribution in [2.75, 3.05) is 0 Å². The zero-order chi connectivity index (χ0) is 12.4. The van der Waals surface area contributed by atoms with Gasteiger partial charge in [0, 0.05) is 30.5 Å². The number of carbonyl (C=O) groups excluding carboxylic acids is 2. The monoisotopic (exact) mass is 231 g/mol. The van der Waals surface area contributed by atoms with Crippen LogP contribution in [0.4, 0.5) is 0 Å². The minimum atomic E-state index is 0.0468. The van der Waals surface area contributed by atoms with Gasteiger partial charge in [-0.05, 0) is 25.5 Å². The van der Waals surface area contributed by atoms with Crippen molar-refractivity contribution >= 4 is 11.6 Å². The number of carbonyl (C=O) groups is 2. The van der Waals surface area contributed by atoms with Gasteiger partial charge in [0.15, 0.2) is 5.78 Å². The molecule has 0 saturated carbocycles. The van der Waals surface area contributed by atoms with Gasteiger partial charge in [-0.3, -0.25) is 9.59 Å². The second kappa shape index (κ2) is 4.80. The van der Waals surface area contributed by atoms with E-state index in [9.17, 15) is 9.59 Å². The lowest BCUT2D eigenvalue weighted by Crippen LogP contribution is -2.38. The van der Waals surface area contributed by atoms with Crippen LogP contribution < -0.4 is 5.32 Å². The van der Waals surface area contributed by atoms with E-state index in [1.165, 1.54) is 0 Å². The molecule has 3 nitrogen and oxygen atoms in total. The van der Waals surface area contributed by atoms with E-state index in [1.807, 2.05) is 25.1 Å². The summed E-state index contributed by atoms with van der Waals surface area (Å²) in [6, 6.07) is 7.78. The zero-order valence-electron chi connectivity index (χ0n) is 10.2. The molecule has 2 atom stereocenters. The van der Waals surface area contributed by atoms with Crippen molar-refractivity contribution in [3.05, 3.63) is 35.4 Å². The summed E-state index contributed by atoms with van der Waals surface area (Å²) in [5.41, 5.74) is 1.73. The largest absolute Gasteiger partial charge is 0.307 e. The Hall–Kier alpha value is -1.48. The Kier molecular flexibility index (Phi) is 3.38.